The fraction of sp³-hybridized carbons (Fsp3) is 0.529. The van der Waals surface area contributed by atoms with Crippen molar-refractivity contribution in [1.29, 1.82) is 0 Å². The van der Waals surface area contributed by atoms with Crippen LogP contribution in [0.3, 0.4) is 0 Å². The molecule has 0 bridgehead atoms. The van der Waals surface area contributed by atoms with Crippen molar-refractivity contribution in [2.45, 2.75) is 26.3 Å². The van der Waals surface area contributed by atoms with Gasteiger partial charge in [-0.1, -0.05) is 0 Å². The van der Waals surface area contributed by atoms with Gasteiger partial charge in [-0.25, -0.2) is 0 Å². The number of hydrogen-bond donors (Lipinski definition) is 1. The number of carbonyl (C=O) groups excluding carboxylic acids is 2. The van der Waals surface area contributed by atoms with Gasteiger partial charge in [0.1, 0.15) is 0 Å². The largest absolute Gasteiger partial charge is 0.339 e. The van der Waals surface area contributed by atoms with E-state index in [0.29, 0.717) is 24.2 Å². The molecule has 0 aliphatic carbocycles. The highest BCUT2D eigenvalue weighted by molar-refractivity contribution is 5.97. The molecule has 1 unspecified atom stereocenters. The first-order valence-electron chi connectivity index (χ1n) is 7.95. The second kappa shape index (κ2) is 7.40. The molecule has 2 amide bonds. The molecule has 1 aliphatic rings. The van der Waals surface area contributed by atoms with E-state index in [0.717, 1.165) is 19.5 Å². The molecule has 1 fully saturated rings. The van der Waals surface area contributed by atoms with E-state index < -0.39 is 0 Å². The summed E-state index contributed by atoms with van der Waals surface area (Å²) in [4.78, 5) is 28.3. The van der Waals surface area contributed by atoms with E-state index in [1.807, 2.05) is 20.9 Å². The average molecular weight is 303 g/mol. The molecule has 1 N–H and O–H groups in total. The first kappa shape index (κ1) is 16.5. The van der Waals surface area contributed by atoms with Crippen LogP contribution in [-0.2, 0) is 0 Å². The van der Waals surface area contributed by atoms with Crippen LogP contribution in [0.2, 0.25) is 0 Å². The third kappa shape index (κ3) is 3.47. The fourth-order valence-corrected chi connectivity index (χ4v) is 2.79. The fourth-order valence-electron chi connectivity index (χ4n) is 2.79. The van der Waals surface area contributed by atoms with Crippen LogP contribution in [0, 0.1) is 0 Å². The summed E-state index contributed by atoms with van der Waals surface area (Å²) in [6, 6.07) is 7.24. The quantitative estimate of drug-likeness (QED) is 0.899. The van der Waals surface area contributed by atoms with Crippen LogP contribution in [-0.4, -0.2) is 60.9 Å². The maximum atomic E-state index is 12.5. The Hall–Kier alpha value is -1.88. The Morgan fingerprint density at radius 3 is 2.09 bits per heavy atom. The first-order valence-corrected chi connectivity index (χ1v) is 7.95. The maximum absolute atomic E-state index is 12.5. The van der Waals surface area contributed by atoms with Crippen LogP contribution >= 0.6 is 0 Å². The van der Waals surface area contributed by atoms with Crippen LogP contribution in [0.15, 0.2) is 24.3 Å². The molecular weight excluding hydrogens is 278 g/mol. The molecule has 22 heavy (non-hydrogen) atoms. The predicted octanol–water partition coefficient (Wildman–Crippen LogP) is 1.60. The van der Waals surface area contributed by atoms with Gasteiger partial charge in [0.25, 0.3) is 11.8 Å². The lowest BCUT2D eigenvalue weighted by molar-refractivity contribution is 0.0739. The maximum Gasteiger partial charge on any atom is 0.253 e. The Labute approximate surface area is 132 Å². The number of likely N-dealkylation sites (N-methyl/N-ethyl adjacent to an activating group) is 1. The molecule has 0 radical (unpaired) electrons. The van der Waals surface area contributed by atoms with E-state index in [4.69, 9.17) is 0 Å². The SMILES string of the molecule is CCN(CC)C(=O)c1ccc(C(=O)N(C)C2CCNC2)cc1. The van der Waals surface area contributed by atoms with Gasteiger partial charge in [-0.05, 0) is 51.1 Å². The van der Waals surface area contributed by atoms with Crippen molar-refractivity contribution >= 4 is 11.8 Å². The van der Waals surface area contributed by atoms with Gasteiger partial charge in [0.2, 0.25) is 0 Å². The summed E-state index contributed by atoms with van der Waals surface area (Å²) in [5.74, 6) is 0.0212. The highest BCUT2D eigenvalue weighted by Gasteiger charge is 2.24. The van der Waals surface area contributed by atoms with Crippen LogP contribution < -0.4 is 5.32 Å². The highest BCUT2D eigenvalue weighted by atomic mass is 16.2. The highest BCUT2D eigenvalue weighted by Crippen LogP contribution is 2.13. The van der Waals surface area contributed by atoms with Gasteiger partial charge >= 0.3 is 0 Å². The van der Waals surface area contributed by atoms with Gasteiger partial charge < -0.3 is 15.1 Å². The van der Waals surface area contributed by atoms with E-state index in [-0.39, 0.29) is 17.9 Å². The van der Waals surface area contributed by atoms with Crippen LogP contribution in [0.5, 0.6) is 0 Å². The zero-order chi connectivity index (χ0) is 16.1. The molecule has 1 saturated heterocycles. The molecular formula is C17H25N3O2. The Bertz CT molecular complexity index is 517. The Balaban J connectivity index is 2.07. The minimum atomic E-state index is 0.00976. The number of carbonyl (C=O) groups is 2. The molecule has 1 aromatic carbocycles. The third-order valence-corrected chi connectivity index (χ3v) is 4.33. The summed E-state index contributed by atoms with van der Waals surface area (Å²) in [6.07, 6.45) is 0.987. The second-order valence-electron chi connectivity index (χ2n) is 5.62. The van der Waals surface area contributed by atoms with Crippen LogP contribution in [0.25, 0.3) is 0 Å². The Morgan fingerprint density at radius 2 is 1.64 bits per heavy atom. The average Bonchev–Trinajstić information content (AvgIpc) is 3.09. The monoisotopic (exact) mass is 303 g/mol. The molecule has 0 spiro atoms. The summed E-state index contributed by atoms with van der Waals surface area (Å²) < 4.78 is 0. The van der Waals surface area contributed by atoms with Gasteiger partial charge in [0.05, 0.1) is 0 Å². The Kier molecular flexibility index (Phi) is 5.55. The normalized spacial score (nSPS) is 17.3. The van der Waals surface area contributed by atoms with Gasteiger partial charge in [-0.3, -0.25) is 9.59 Å². The zero-order valence-electron chi connectivity index (χ0n) is 13.6. The van der Waals surface area contributed by atoms with Crippen molar-refractivity contribution in [3.05, 3.63) is 35.4 Å². The van der Waals surface area contributed by atoms with E-state index in [1.54, 1.807) is 34.1 Å². The van der Waals surface area contributed by atoms with Crippen molar-refractivity contribution < 1.29 is 9.59 Å². The minimum absolute atomic E-state index is 0.00976. The van der Waals surface area contributed by atoms with E-state index >= 15 is 0 Å². The number of nitrogens with one attached hydrogen (secondary N) is 1. The summed E-state index contributed by atoms with van der Waals surface area (Å²) in [6.45, 7) is 7.11. The minimum Gasteiger partial charge on any atom is -0.339 e. The lowest BCUT2D eigenvalue weighted by atomic mass is 10.1. The smallest absolute Gasteiger partial charge is 0.253 e. The third-order valence-electron chi connectivity index (χ3n) is 4.33. The molecule has 1 aliphatic heterocycles. The molecule has 2 rings (SSSR count). The molecule has 1 aromatic rings. The lowest BCUT2D eigenvalue weighted by Crippen LogP contribution is -2.38. The molecule has 120 valence electrons. The summed E-state index contributed by atoms with van der Waals surface area (Å²) in [7, 11) is 1.84. The van der Waals surface area contributed by atoms with E-state index in [2.05, 4.69) is 5.32 Å². The molecule has 5 nitrogen and oxygen atoms in total. The molecule has 0 saturated carbocycles. The van der Waals surface area contributed by atoms with Gasteiger partial charge in [-0.2, -0.15) is 0 Å². The zero-order valence-corrected chi connectivity index (χ0v) is 13.6. The number of amides is 2. The van der Waals surface area contributed by atoms with Crippen LogP contribution in [0.1, 0.15) is 41.0 Å². The number of benzene rings is 1. The summed E-state index contributed by atoms with van der Waals surface area (Å²) in [5.41, 5.74) is 1.26. The number of hydrogen-bond acceptors (Lipinski definition) is 3. The van der Waals surface area contributed by atoms with Crippen molar-refractivity contribution in [3.63, 3.8) is 0 Å². The summed E-state index contributed by atoms with van der Waals surface area (Å²) in [5, 5.41) is 3.26. The van der Waals surface area contributed by atoms with Crippen LogP contribution in [0.4, 0.5) is 0 Å². The second-order valence-corrected chi connectivity index (χ2v) is 5.62. The molecule has 5 heteroatoms. The standard InChI is InChI=1S/C17H25N3O2/c1-4-20(5-2)17(22)14-8-6-13(7-9-14)16(21)19(3)15-10-11-18-12-15/h6-9,15,18H,4-5,10-12H2,1-3H3. The van der Waals surface area contributed by atoms with Gasteiger partial charge in [0.15, 0.2) is 0 Å². The lowest BCUT2D eigenvalue weighted by Gasteiger charge is -2.24. The summed E-state index contributed by atoms with van der Waals surface area (Å²) >= 11 is 0. The number of rotatable bonds is 5. The van der Waals surface area contributed by atoms with E-state index in [1.165, 1.54) is 0 Å². The van der Waals surface area contributed by atoms with Gasteiger partial charge in [-0.15, -0.1) is 0 Å². The topological polar surface area (TPSA) is 52.7 Å². The predicted molar refractivity (Wildman–Crippen MR) is 87.1 cm³/mol. The molecule has 0 aromatic heterocycles. The van der Waals surface area contributed by atoms with Gasteiger partial charge in [0, 0.05) is 43.9 Å². The van der Waals surface area contributed by atoms with Crippen molar-refractivity contribution in [3.8, 4) is 0 Å². The molecule has 1 atom stereocenters. The Morgan fingerprint density at radius 1 is 1.09 bits per heavy atom. The first-order chi connectivity index (χ1) is 10.6. The molecule has 1 heterocycles. The van der Waals surface area contributed by atoms with Crippen molar-refractivity contribution in [2.75, 3.05) is 33.2 Å². The van der Waals surface area contributed by atoms with Crippen molar-refractivity contribution in [2.24, 2.45) is 0 Å². The van der Waals surface area contributed by atoms with E-state index in [9.17, 15) is 9.59 Å². The number of nitrogens with zero attached hydrogens (tertiary/aromatic N) is 2. The van der Waals surface area contributed by atoms with Crippen molar-refractivity contribution in [1.82, 2.24) is 15.1 Å².